The Labute approximate surface area is 130 Å². The highest BCUT2D eigenvalue weighted by molar-refractivity contribution is 7.81. The van der Waals surface area contributed by atoms with Gasteiger partial charge in [0, 0.05) is 24.5 Å². The molecule has 0 bridgehead atoms. The maximum atomic E-state index is 12.0. The van der Waals surface area contributed by atoms with E-state index in [0.29, 0.717) is 23.8 Å². The van der Waals surface area contributed by atoms with Gasteiger partial charge in [-0.1, -0.05) is 30.4 Å². The first kappa shape index (κ1) is 15.7. The van der Waals surface area contributed by atoms with E-state index in [4.69, 9.17) is 17.0 Å². The van der Waals surface area contributed by atoms with Gasteiger partial charge in [0.05, 0.1) is 18.8 Å². The zero-order valence-corrected chi connectivity index (χ0v) is 13.2. The van der Waals surface area contributed by atoms with Crippen LogP contribution in [0.15, 0.2) is 41.6 Å². The minimum Gasteiger partial charge on any atom is -0.378 e. The summed E-state index contributed by atoms with van der Waals surface area (Å²) in [5, 5.41) is 3.14. The maximum absolute atomic E-state index is 12.0. The molecule has 0 spiro atoms. The third-order valence-corrected chi connectivity index (χ3v) is 3.76. The Morgan fingerprint density at radius 2 is 1.81 bits per heavy atom. The topological polar surface area (TPSA) is 41.6 Å². The van der Waals surface area contributed by atoms with Crippen LogP contribution in [-0.4, -0.2) is 42.0 Å². The van der Waals surface area contributed by atoms with Crippen molar-refractivity contribution in [3.8, 4) is 0 Å². The Balaban J connectivity index is 2.21. The molecule has 1 aliphatic heterocycles. The van der Waals surface area contributed by atoms with E-state index in [2.05, 4.69) is 10.2 Å². The Morgan fingerprint density at radius 3 is 2.38 bits per heavy atom. The molecule has 1 fully saturated rings. The summed E-state index contributed by atoms with van der Waals surface area (Å²) >= 11 is 5.43. The maximum Gasteiger partial charge on any atom is 0.164 e. The number of carbonyl (C=O) groups is 1. The number of rotatable bonds is 4. The predicted octanol–water partition coefficient (Wildman–Crippen LogP) is 2.62. The average Bonchev–Trinajstić information content (AvgIpc) is 2.49. The predicted molar refractivity (Wildman–Crippen MR) is 88.4 cm³/mol. The van der Waals surface area contributed by atoms with E-state index in [1.54, 1.807) is 6.92 Å². The number of ether oxygens (including phenoxy) is 1. The van der Waals surface area contributed by atoms with Crippen LogP contribution in [-0.2, 0) is 9.53 Å². The van der Waals surface area contributed by atoms with E-state index in [0.717, 1.165) is 24.5 Å². The van der Waals surface area contributed by atoms with Crippen LogP contribution < -0.4 is 5.32 Å². The van der Waals surface area contributed by atoms with Crippen LogP contribution in [0.3, 0.4) is 0 Å². The summed E-state index contributed by atoms with van der Waals surface area (Å²) in [6.07, 6.45) is 0. The van der Waals surface area contributed by atoms with Crippen LogP contribution in [0.4, 0.5) is 5.69 Å². The minimum atomic E-state index is -0.0209. The first-order valence-corrected chi connectivity index (χ1v) is 7.41. The van der Waals surface area contributed by atoms with Gasteiger partial charge >= 0.3 is 0 Å². The van der Waals surface area contributed by atoms with E-state index < -0.39 is 0 Å². The standard InChI is InChI=1S/C16H20N2O2S/c1-12(18-8-10-20-11-9-18)15(13(2)19)16(21)17-14-6-4-3-5-7-14/h3-7H,8-11H2,1-2H3,(H,17,21)/b15-12-. The molecule has 21 heavy (non-hydrogen) atoms. The molecule has 1 N–H and O–H groups in total. The van der Waals surface area contributed by atoms with Crippen LogP contribution in [0.2, 0.25) is 0 Å². The number of benzene rings is 1. The molecule has 1 saturated heterocycles. The summed E-state index contributed by atoms with van der Waals surface area (Å²) < 4.78 is 5.35. The summed E-state index contributed by atoms with van der Waals surface area (Å²) in [5.41, 5.74) is 2.38. The fourth-order valence-corrected chi connectivity index (χ4v) is 2.76. The Bertz CT molecular complexity index is 549. The molecule has 0 aliphatic carbocycles. The lowest BCUT2D eigenvalue weighted by Gasteiger charge is -2.31. The van der Waals surface area contributed by atoms with Crippen LogP contribution >= 0.6 is 12.2 Å². The molecule has 1 aromatic rings. The second-order valence-corrected chi connectivity index (χ2v) is 5.34. The van der Waals surface area contributed by atoms with Gasteiger partial charge in [-0.2, -0.15) is 0 Å². The molecule has 5 heteroatoms. The number of anilines is 1. The van der Waals surface area contributed by atoms with Crippen molar-refractivity contribution in [1.82, 2.24) is 4.90 Å². The molecule has 4 nitrogen and oxygen atoms in total. The van der Waals surface area contributed by atoms with Gasteiger partial charge in [0.15, 0.2) is 5.78 Å². The first-order valence-electron chi connectivity index (χ1n) is 7.00. The molecule has 0 atom stereocenters. The van der Waals surface area contributed by atoms with Gasteiger partial charge in [0.25, 0.3) is 0 Å². The largest absolute Gasteiger partial charge is 0.378 e. The molecule has 0 saturated carbocycles. The van der Waals surface area contributed by atoms with Crippen LogP contribution in [0.5, 0.6) is 0 Å². The van der Waals surface area contributed by atoms with E-state index in [9.17, 15) is 4.79 Å². The van der Waals surface area contributed by atoms with E-state index in [1.807, 2.05) is 37.3 Å². The molecule has 0 unspecified atom stereocenters. The number of nitrogens with zero attached hydrogens (tertiary/aromatic N) is 1. The highest BCUT2D eigenvalue weighted by Crippen LogP contribution is 2.17. The summed E-state index contributed by atoms with van der Waals surface area (Å²) in [6, 6.07) is 9.64. The van der Waals surface area contributed by atoms with Gasteiger partial charge in [-0.3, -0.25) is 4.79 Å². The van der Waals surface area contributed by atoms with Crippen molar-refractivity contribution in [2.24, 2.45) is 0 Å². The number of thiocarbonyl (C=S) groups is 1. The summed E-state index contributed by atoms with van der Waals surface area (Å²) in [7, 11) is 0. The van der Waals surface area contributed by atoms with E-state index >= 15 is 0 Å². The molecule has 1 heterocycles. The van der Waals surface area contributed by atoms with Crippen LogP contribution in [0.25, 0.3) is 0 Å². The minimum absolute atomic E-state index is 0.0209. The van der Waals surface area contributed by atoms with Crippen LogP contribution in [0, 0.1) is 0 Å². The average molecular weight is 304 g/mol. The number of morpholine rings is 1. The Kier molecular flexibility index (Phi) is 5.47. The van der Waals surface area contributed by atoms with Crippen molar-refractivity contribution < 1.29 is 9.53 Å². The monoisotopic (exact) mass is 304 g/mol. The number of ketones is 1. The Hall–Kier alpha value is -1.72. The lowest BCUT2D eigenvalue weighted by Crippen LogP contribution is -2.37. The van der Waals surface area contributed by atoms with Crippen molar-refractivity contribution in [2.75, 3.05) is 31.6 Å². The number of carbonyl (C=O) groups excluding carboxylic acids is 1. The second kappa shape index (κ2) is 7.33. The van der Waals surface area contributed by atoms with Gasteiger partial charge in [-0.15, -0.1) is 0 Å². The molecule has 1 aromatic carbocycles. The van der Waals surface area contributed by atoms with Crippen LogP contribution in [0.1, 0.15) is 13.8 Å². The smallest absolute Gasteiger partial charge is 0.164 e. The molecule has 2 rings (SSSR count). The van der Waals surface area contributed by atoms with Gasteiger partial charge < -0.3 is 15.0 Å². The lowest BCUT2D eigenvalue weighted by molar-refractivity contribution is -0.113. The molecule has 1 aliphatic rings. The van der Waals surface area contributed by atoms with E-state index in [-0.39, 0.29) is 5.78 Å². The van der Waals surface area contributed by atoms with Crippen molar-refractivity contribution in [2.45, 2.75) is 13.8 Å². The molecule has 0 radical (unpaired) electrons. The van der Waals surface area contributed by atoms with Crippen molar-refractivity contribution >= 4 is 28.7 Å². The lowest BCUT2D eigenvalue weighted by atomic mass is 10.1. The Morgan fingerprint density at radius 1 is 1.19 bits per heavy atom. The zero-order valence-electron chi connectivity index (χ0n) is 12.4. The number of Topliss-reactive ketones (excluding diaryl/α,β-unsaturated/α-hetero) is 1. The highest BCUT2D eigenvalue weighted by atomic mass is 32.1. The number of nitrogens with one attached hydrogen (secondary N) is 1. The summed E-state index contributed by atoms with van der Waals surface area (Å²) in [4.78, 5) is 14.6. The molecule has 112 valence electrons. The molecule has 0 amide bonds. The van der Waals surface area contributed by atoms with Gasteiger partial charge in [0.2, 0.25) is 0 Å². The summed E-state index contributed by atoms with van der Waals surface area (Å²) in [5.74, 6) is -0.0209. The molecular weight excluding hydrogens is 284 g/mol. The fraction of sp³-hybridized carbons (Fsp3) is 0.375. The van der Waals surface area contributed by atoms with E-state index in [1.165, 1.54) is 0 Å². The number of para-hydroxylation sites is 1. The second-order valence-electron chi connectivity index (χ2n) is 4.94. The number of allylic oxidation sites excluding steroid dienone is 1. The van der Waals surface area contributed by atoms with Gasteiger partial charge in [0.1, 0.15) is 4.99 Å². The fourth-order valence-electron chi connectivity index (χ4n) is 2.35. The first-order chi connectivity index (χ1) is 10.1. The number of hydrogen-bond donors (Lipinski definition) is 1. The number of hydrogen-bond acceptors (Lipinski definition) is 4. The highest BCUT2D eigenvalue weighted by Gasteiger charge is 2.20. The third-order valence-electron chi connectivity index (χ3n) is 3.46. The van der Waals surface area contributed by atoms with Crippen molar-refractivity contribution in [3.63, 3.8) is 0 Å². The molecular formula is C16H20N2O2S. The van der Waals surface area contributed by atoms with Crippen molar-refractivity contribution in [3.05, 3.63) is 41.6 Å². The SMILES string of the molecule is CC(=O)/C(C(=S)Nc1ccccc1)=C(\C)N1CCOCC1. The van der Waals surface area contributed by atoms with Crippen molar-refractivity contribution in [1.29, 1.82) is 0 Å². The summed E-state index contributed by atoms with van der Waals surface area (Å²) in [6.45, 7) is 6.44. The van der Waals surface area contributed by atoms with Gasteiger partial charge in [-0.25, -0.2) is 0 Å². The van der Waals surface area contributed by atoms with Gasteiger partial charge in [-0.05, 0) is 26.0 Å². The normalized spacial score (nSPS) is 16.2. The third kappa shape index (κ3) is 4.12. The zero-order chi connectivity index (χ0) is 15.2. The quantitative estimate of drug-likeness (QED) is 0.684. The molecule has 0 aromatic heterocycles.